The number of para-hydroxylation sites is 1. The average molecular weight is 950 g/mol. The number of β-lactam (4-membered cyclic amide) rings is 1. The van der Waals surface area contributed by atoms with Gasteiger partial charge in [0.15, 0.2) is 0 Å². The van der Waals surface area contributed by atoms with Gasteiger partial charge in [-0.1, -0.05) is 86.6 Å². The fraction of sp³-hybridized carbons (Fsp3) is 0.246. The van der Waals surface area contributed by atoms with E-state index in [1.54, 1.807) is 48.5 Å². The molecule has 1 aliphatic rings. The Hall–Kier alpha value is -7.32. The van der Waals surface area contributed by atoms with Crippen molar-refractivity contribution in [2.24, 2.45) is 5.92 Å². The van der Waals surface area contributed by atoms with Crippen LogP contribution in [0.15, 0.2) is 158 Å². The summed E-state index contributed by atoms with van der Waals surface area (Å²) in [5.74, 6) is -3.28. The van der Waals surface area contributed by atoms with Crippen molar-refractivity contribution in [1.82, 2.24) is 4.57 Å². The molecule has 13 heteroatoms. The summed E-state index contributed by atoms with van der Waals surface area (Å²) in [6.07, 6.45) is -3.36. The molecule has 0 bridgehead atoms. The lowest BCUT2D eigenvalue weighted by molar-refractivity contribution is -0.137. The van der Waals surface area contributed by atoms with Crippen molar-refractivity contribution in [3.05, 3.63) is 198 Å². The number of hydrogen-bond donors (Lipinski definition) is 4. The number of nitrogens with one attached hydrogen (secondary N) is 1. The number of nitrogens with zero attached hydrogens (tertiary/aromatic N) is 2. The van der Waals surface area contributed by atoms with E-state index in [2.05, 4.69) is 5.32 Å². The molecule has 1 saturated heterocycles. The van der Waals surface area contributed by atoms with Gasteiger partial charge in [0, 0.05) is 29.2 Å². The molecule has 0 radical (unpaired) electrons. The summed E-state index contributed by atoms with van der Waals surface area (Å²) in [7, 11) is 0. The van der Waals surface area contributed by atoms with Gasteiger partial charge in [-0.25, -0.2) is 13.2 Å². The molecule has 0 aliphatic carbocycles. The number of carbonyl (C=O) groups is 3. The fourth-order valence-corrected chi connectivity index (χ4v) is 9.42. The number of carbonyl (C=O) groups excluding carboxylic acids is 3. The predicted molar refractivity (Wildman–Crippen MR) is 262 cm³/mol. The quantitative estimate of drug-likeness (QED) is 0.0359. The molecule has 360 valence electrons. The van der Waals surface area contributed by atoms with Gasteiger partial charge in [0.05, 0.1) is 47.9 Å². The highest BCUT2D eigenvalue weighted by Crippen LogP contribution is 2.47. The first-order valence-electron chi connectivity index (χ1n) is 23.4. The Balaban J connectivity index is 0.975. The maximum absolute atomic E-state index is 14.4. The van der Waals surface area contributed by atoms with Crippen LogP contribution in [0.25, 0.3) is 22.4 Å². The largest absolute Gasteiger partial charge is 0.426 e. The Morgan fingerprint density at radius 3 is 1.96 bits per heavy atom. The highest BCUT2D eigenvalue weighted by Gasteiger charge is 2.48. The van der Waals surface area contributed by atoms with Crippen LogP contribution in [0.3, 0.4) is 0 Å². The van der Waals surface area contributed by atoms with Gasteiger partial charge in [0.25, 0.3) is 5.91 Å². The number of aliphatic hydroxyl groups is 3. The third-order valence-electron chi connectivity index (χ3n) is 12.7. The number of aliphatic hydroxyl groups excluding tert-OH is 3. The standard InChI is InChI=1S/C57H54F3N3O7/c1-35(2)53-52(56(68)61-43-13-7-4-8-14-43)51(37-10-5-3-6-11-37)55(38-18-22-41(59)23-19-38)62(53)31-30-45(64)33-46(65)34-50(67)70-47-15-9-12-39(32-47)54-48(28-29-49(66)36-16-20-40(58)21-17-36)57(69)63(54)44-26-24-42(60)25-27-44/h3-27,32,35,45-46,48-49,54,64-66H,28-31,33-34H2,1-2H3,(H,61,68)/t45-,46-,48?,49?,54-/m1/s1. The van der Waals surface area contributed by atoms with Crippen molar-refractivity contribution in [2.75, 3.05) is 10.2 Å². The first kappa shape index (κ1) is 49.1. The van der Waals surface area contributed by atoms with Crippen molar-refractivity contribution in [1.29, 1.82) is 0 Å². The van der Waals surface area contributed by atoms with E-state index in [0.29, 0.717) is 50.6 Å². The first-order valence-corrected chi connectivity index (χ1v) is 23.4. The Bertz CT molecular complexity index is 2910. The third-order valence-corrected chi connectivity index (χ3v) is 12.7. The summed E-state index contributed by atoms with van der Waals surface area (Å²) in [6, 6.07) is 41.7. The molecular formula is C57H54F3N3O7. The van der Waals surface area contributed by atoms with Crippen molar-refractivity contribution in [2.45, 2.75) is 82.8 Å². The maximum Gasteiger partial charge on any atom is 0.313 e. The topological polar surface area (TPSA) is 141 Å². The monoisotopic (exact) mass is 949 g/mol. The average Bonchev–Trinajstić information content (AvgIpc) is 3.70. The van der Waals surface area contributed by atoms with Crippen LogP contribution < -0.4 is 15.0 Å². The number of esters is 1. The van der Waals surface area contributed by atoms with Gasteiger partial charge < -0.3 is 34.8 Å². The van der Waals surface area contributed by atoms with Gasteiger partial charge in [-0.3, -0.25) is 14.4 Å². The summed E-state index contributed by atoms with van der Waals surface area (Å²) in [5, 5.41) is 36.5. The van der Waals surface area contributed by atoms with Gasteiger partial charge in [0.2, 0.25) is 5.91 Å². The molecule has 10 nitrogen and oxygen atoms in total. The zero-order chi connectivity index (χ0) is 49.5. The molecule has 7 aromatic rings. The van der Waals surface area contributed by atoms with Gasteiger partial charge in [-0.05, 0) is 139 Å². The van der Waals surface area contributed by atoms with E-state index in [0.717, 1.165) is 5.56 Å². The molecular weight excluding hydrogens is 896 g/mol. The zero-order valence-corrected chi connectivity index (χ0v) is 38.7. The molecule has 0 spiro atoms. The second-order valence-corrected chi connectivity index (χ2v) is 17.9. The SMILES string of the molecule is CC(C)c1c(C(=O)Nc2ccccc2)c(-c2ccccc2)c(-c2ccc(F)cc2)n1CC[C@@H](O)C[C@@H](O)CC(=O)Oc1cccc([C@@H]2C(CCC(O)c3ccc(F)cc3)C(=O)N2c2ccc(F)cc2)c1. The number of anilines is 2. The van der Waals surface area contributed by atoms with Crippen LogP contribution in [0.1, 0.15) is 91.2 Å². The fourth-order valence-electron chi connectivity index (χ4n) is 9.42. The minimum Gasteiger partial charge on any atom is -0.426 e. The van der Waals surface area contributed by atoms with Crippen molar-refractivity contribution >= 4 is 29.2 Å². The van der Waals surface area contributed by atoms with E-state index in [9.17, 15) is 42.9 Å². The van der Waals surface area contributed by atoms with E-state index in [1.165, 1.54) is 65.6 Å². The maximum atomic E-state index is 14.4. The zero-order valence-electron chi connectivity index (χ0n) is 38.7. The van der Waals surface area contributed by atoms with Crippen LogP contribution in [-0.4, -0.2) is 49.9 Å². The van der Waals surface area contributed by atoms with E-state index in [4.69, 9.17) is 4.74 Å². The Labute approximate surface area is 404 Å². The number of benzene rings is 6. The molecule has 4 N–H and O–H groups in total. The molecule has 8 rings (SSSR count). The van der Waals surface area contributed by atoms with E-state index in [1.807, 2.05) is 66.9 Å². The Morgan fingerprint density at radius 1 is 0.700 bits per heavy atom. The van der Waals surface area contributed by atoms with Gasteiger partial charge in [-0.2, -0.15) is 0 Å². The summed E-state index contributed by atoms with van der Waals surface area (Å²) >= 11 is 0. The van der Waals surface area contributed by atoms with Crippen molar-refractivity contribution in [3.8, 4) is 28.1 Å². The molecule has 2 unspecified atom stereocenters. The smallest absolute Gasteiger partial charge is 0.313 e. The lowest BCUT2D eigenvalue weighted by atomic mass is 9.78. The van der Waals surface area contributed by atoms with Crippen LogP contribution in [0.4, 0.5) is 24.5 Å². The number of rotatable bonds is 19. The van der Waals surface area contributed by atoms with E-state index >= 15 is 0 Å². The van der Waals surface area contributed by atoms with Crippen LogP contribution in [0.5, 0.6) is 5.75 Å². The second-order valence-electron chi connectivity index (χ2n) is 17.9. The summed E-state index contributed by atoms with van der Waals surface area (Å²) in [6.45, 7) is 4.16. The highest BCUT2D eigenvalue weighted by atomic mass is 19.1. The normalized spacial score (nSPS) is 15.8. The predicted octanol–water partition coefficient (Wildman–Crippen LogP) is 11.3. The van der Waals surface area contributed by atoms with Gasteiger partial charge in [-0.15, -0.1) is 0 Å². The Morgan fingerprint density at radius 2 is 1.31 bits per heavy atom. The number of amides is 2. The van der Waals surface area contributed by atoms with E-state index in [-0.39, 0.29) is 55.7 Å². The molecule has 5 atom stereocenters. The summed E-state index contributed by atoms with van der Waals surface area (Å²) < 4.78 is 49.5. The van der Waals surface area contributed by atoms with Crippen LogP contribution in [-0.2, 0) is 16.1 Å². The summed E-state index contributed by atoms with van der Waals surface area (Å²) in [4.78, 5) is 43.0. The lowest BCUT2D eigenvalue weighted by Crippen LogP contribution is -2.55. The van der Waals surface area contributed by atoms with Crippen LogP contribution in [0.2, 0.25) is 0 Å². The molecule has 1 aromatic heterocycles. The van der Waals surface area contributed by atoms with Gasteiger partial charge in [0.1, 0.15) is 23.2 Å². The highest BCUT2D eigenvalue weighted by molar-refractivity contribution is 6.12. The van der Waals surface area contributed by atoms with Crippen LogP contribution >= 0.6 is 0 Å². The lowest BCUT2D eigenvalue weighted by Gasteiger charge is -2.48. The molecule has 1 fully saturated rings. The minimum atomic E-state index is -1.29. The van der Waals surface area contributed by atoms with Crippen LogP contribution in [0, 0.1) is 23.4 Å². The minimum absolute atomic E-state index is 0.122. The molecule has 2 heterocycles. The molecule has 70 heavy (non-hydrogen) atoms. The number of hydrogen-bond acceptors (Lipinski definition) is 7. The van der Waals surface area contributed by atoms with Crippen molar-refractivity contribution in [3.63, 3.8) is 0 Å². The molecule has 6 aromatic carbocycles. The number of halogens is 3. The van der Waals surface area contributed by atoms with Gasteiger partial charge >= 0.3 is 5.97 Å². The Kier molecular flexibility index (Phi) is 15.4. The third kappa shape index (κ3) is 11.2. The number of ether oxygens (including phenoxy) is 1. The molecule has 1 aliphatic heterocycles. The molecule has 2 amide bonds. The van der Waals surface area contributed by atoms with Crippen molar-refractivity contribution < 1.29 is 47.6 Å². The number of aromatic nitrogens is 1. The first-order chi connectivity index (χ1) is 33.7. The molecule has 0 saturated carbocycles. The second kappa shape index (κ2) is 22.0. The summed E-state index contributed by atoms with van der Waals surface area (Å²) in [5.41, 5.74) is 6.08. The van der Waals surface area contributed by atoms with E-state index < -0.39 is 60.1 Å².